The van der Waals surface area contributed by atoms with Gasteiger partial charge >= 0.3 is 0 Å². The van der Waals surface area contributed by atoms with Gasteiger partial charge in [0.2, 0.25) is 0 Å². The normalized spacial score (nSPS) is 17.0. The SMILES string of the molecule is CNc1cnc(C(C)C)nc1C(=O)NC1CCN(C)CC1. The quantitative estimate of drug-likeness (QED) is 0.879. The van der Waals surface area contributed by atoms with Gasteiger partial charge in [0.1, 0.15) is 5.82 Å². The molecule has 0 aliphatic carbocycles. The van der Waals surface area contributed by atoms with Crippen LogP contribution >= 0.6 is 0 Å². The van der Waals surface area contributed by atoms with Crippen molar-refractivity contribution in [1.29, 1.82) is 0 Å². The van der Waals surface area contributed by atoms with E-state index in [0.29, 0.717) is 17.2 Å². The van der Waals surface area contributed by atoms with Crippen LogP contribution in [0.5, 0.6) is 0 Å². The number of amides is 1. The van der Waals surface area contributed by atoms with Crippen molar-refractivity contribution in [2.45, 2.75) is 38.6 Å². The highest BCUT2D eigenvalue weighted by Gasteiger charge is 2.22. The molecule has 0 aromatic carbocycles. The standard InChI is InChI=1S/C15H25N5O/c1-10(2)14-17-9-12(16-3)13(19-14)15(21)18-11-5-7-20(4)8-6-11/h9-11,16H,5-8H2,1-4H3,(H,18,21). The molecule has 0 bridgehead atoms. The van der Waals surface area contributed by atoms with Crippen molar-refractivity contribution in [3.8, 4) is 0 Å². The first-order chi connectivity index (χ1) is 10.0. The maximum atomic E-state index is 12.5. The van der Waals surface area contributed by atoms with Crippen LogP contribution in [0.25, 0.3) is 0 Å². The first-order valence-electron chi connectivity index (χ1n) is 7.55. The third-order valence-electron chi connectivity index (χ3n) is 3.86. The minimum Gasteiger partial charge on any atom is -0.385 e. The highest BCUT2D eigenvalue weighted by molar-refractivity contribution is 5.97. The van der Waals surface area contributed by atoms with Gasteiger partial charge in [0.15, 0.2) is 5.69 Å². The molecule has 2 N–H and O–H groups in total. The number of anilines is 1. The number of carbonyl (C=O) groups is 1. The Hall–Kier alpha value is -1.69. The molecular weight excluding hydrogens is 266 g/mol. The van der Waals surface area contributed by atoms with Crippen LogP contribution in [0.1, 0.15) is 48.9 Å². The molecule has 2 rings (SSSR count). The van der Waals surface area contributed by atoms with Gasteiger partial charge in [-0.3, -0.25) is 4.79 Å². The predicted molar refractivity (Wildman–Crippen MR) is 83.7 cm³/mol. The Kier molecular flexibility index (Phi) is 5.12. The molecular formula is C15H25N5O. The van der Waals surface area contributed by atoms with Crippen LogP contribution in [-0.2, 0) is 0 Å². The van der Waals surface area contributed by atoms with Crippen LogP contribution in [0.15, 0.2) is 6.20 Å². The minimum absolute atomic E-state index is 0.113. The Morgan fingerprint density at radius 3 is 2.62 bits per heavy atom. The number of piperidine rings is 1. The Balaban J connectivity index is 2.12. The number of rotatable bonds is 4. The molecule has 1 amide bonds. The molecule has 0 saturated carbocycles. The predicted octanol–water partition coefficient (Wildman–Crippen LogP) is 1.47. The van der Waals surface area contributed by atoms with Crippen molar-refractivity contribution in [3.63, 3.8) is 0 Å². The van der Waals surface area contributed by atoms with E-state index in [9.17, 15) is 4.79 Å². The summed E-state index contributed by atoms with van der Waals surface area (Å²) in [7, 11) is 3.89. The van der Waals surface area contributed by atoms with E-state index in [0.717, 1.165) is 25.9 Å². The van der Waals surface area contributed by atoms with Gasteiger partial charge in [-0.05, 0) is 33.0 Å². The van der Waals surface area contributed by atoms with Gasteiger partial charge in [-0.1, -0.05) is 13.8 Å². The molecule has 6 heteroatoms. The molecule has 0 unspecified atom stereocenters. The lowest BCUT2D eigenvalue weighted by molar-refractivity contribution is 0.0912. The average molecular weight is 291 g/mol. The van der Waals surface area contributed by atoms with Gasteiger partial charge < -0.3 is 15.5 Å². The van der Waals surface area contributed by atoms with Crippen LogP contribution in [0.3, 0.4) is 0 Å². The smallest absolute Gasteiger partial charge is 0.272 e. The Bertz CT molecular complexity index is 495. The second-order valence-corrected chi connectivity index (χ2v) is 5.95. The summed E-state index contributed by atoms with van der Waals surface area (Å²) >= 11 is 0. The van der Waals surface area contributed by atoms with E-state index in [1.54, 1.807) is 13.2 Å². The van der Waals surface area contributed by atoms with Crippen molar-refractivity contribution in [3.05, 3.63) is 17.7 Å². The van der Waals surface area contributed by atoms with Crippen LogP contribution in [-0.4, -0.2) is 54.0 Å². The minimum atomic E-state index is -0.113. The first kappa shape index (κ1) is 15.7. The summed E-state index contributed by atoms with van der Waals surface area (Å²) in [4.78, 5) is 23.5. The Morgan fingerprint density at radius 2 is 2.05 bits per heavy atom. The van der Waals surface area contributed by atoms with Gasteiger partial charge in [-0.2, -0.15) is 0 Å². The zero-order valence-corrected chi connectivity index (χ0v) is 13.3. The average Bonchev–Trinajstić information content (AvgIpc) is 2.48. The van der Waals surface area contributed by atoms with E-state index in [-0.39, 0.29) is 17.9 Å². The first-order valence-corrected chi connectivity index (χ1v) is 7.55. The lowest BCUT2D eigenvalue weighted by Crippen LogP contribution is -2.43. The van der Waals surface area contributed by atoms with Gasteiger partial charge in [0, 0.05) is 19.0 Å². The Morgan fingerprint density at radius 1 is 1.38 bits per heavy atom. The molecule has 0 radical (unpaired) electrons. The number of nitrogens with one attached hydrogen (secondary N) is 2. The van der Waals surface area contributed by atoms with Gasteiger partial charge in [-0.25, -0.2) is 9.97 Å². The maximum Gasteiger partial charge on any atom is 0.272 e. The molecule has 21 heavy (non-hydrogen) atoms. The Labute approximate surface area is 126 Å². The van der Waals surface area contributed by atoms with Crippen molar-refractivity contribution in [2.75, 3.05) is 32.5 Å². The van der Waals surface area contributed by atoms with Crippen LogP contribution < -0.4 is 10.6 Å². The van der Waals surface area contributed by atoms with Gasteiger partial charge in [-0.15, -0.1) is 0 Å². The van der Waals surface area contributed by atoms with E-state index in [2.05, 4.69) is 32.5 Å². The van der Waals surface area contributed by atoms with E-state index < -0.39 is 0 Å². The molecule has 116 valence electrons. The maximum absolute atomic E-state index is 12.5. The van der Waals surface area contributed by atoms with Crippen molar-refractivity contribution in [1.82, 2.24) is 20.2 Å². The fourth-order valence-corrected chi connectivity index (χ4v) is 2.44. The fourth-order valence-electron chi connectivity index (χ4n) is 2.44. The third-order valence-corrected chi connectivity index (χ3v) is 3.86. The summed E-state index contributed by atoms with van der Waals surface area (Å²) in [6, 6.07) is 0.232. The molecule has 6 nitrogen and oxygen atoms in total. The molecule has 2 heterocycles. The lowest BCUT2D eigenvalue weighted by atomic mass is 10.1. The van der Waals surface area contributed by atoms with Crippen molar-refractivity contribution >= 4 is 11.6 Å². The summed E-state index contributed by atoms with van der Waals surface area (Å²) in [6.45, 7) is 6.08. The van der Waals surface area contributed by atoms with E-state index in [4.69, 9.17) is 0 Å². The zero-order valence-electron chi connectivity index (χ0n) is 13.3. The summed E-state index contributed by atoms with van der Waals surface area (Å²) in [6.07, 6.45) is 3.66. The zero-order chi connectivity index (χ0) is 15.4. The third kappa shape index (κ3) is 3.91. The van der Waals surface area contributed by atoms with Crippen LogP contribution in [0, 0.1) is 0 Å². The summed E-state index contributed by atoms with van der Waals surface area (Å²) in [5.41, 5.74) is 1.11. The number of hydrogen-bond acceptors (Lipinski definition) is 5. The number of aromatic nitrogens is 2. The fraction of sp³-hybridized carbons (Fsp3) is 0.667. The second kappa shape index (κ2) is 6.85. The van der Waals surface area contributed by atoms with Crippen molar-refractivity contribution < 1.29 is 4.79 Å². The molecule has 0 atom stereocenters. The molecule has 1 fully saturated rings. The van der Waals surface area contributed by atoms with Crippen molar-refractivity contribution in [2.24, 2.45) is 0 Å². The highest BCUT2D eigenvalue weighted by atomic mass is 16.2. The molecule has 1 saturated heterocycles. The van der Waals surface area contributed by atoms with E-state index in [1.165, 1.54) is 0 Å². The number of hydrogen-bond donors (Lipinski definition) is 2. The number of likely N-dealkylation sites (tertiary alicyclic amines) is 1. The highest BCUT2D eigenvalue weighted by Crippen LogP contribution is 2.17. The van der Waals surface area contributed by atoms with Gasteiger partial charge in [0.25, 0.3) is 5.91 Å². The largest absolute Gasteiger partial charge is 0.385 e. The summed E-state index contributed by atoms with van der Waals surface area (Å²) in [5, 5.41) is 6.09. The number of carbonyl (C=O) groups excluding carboxylic acids is 1. The monoisotopic (exact) mass is 291 g/mol. The number of nitrogens with zero attached hydrogens (tertiary/aromatic N) is 3. The topological polar surface area (TPSA) is 70.1 Å². The van der Waals surface area contributed by atoms with Gasteiger partial charge in [0.05, 0.1) is 11.9 Å². The van der Waals surface area contributed by atoms with E-state index >= 15 is 0 Å². The second-order valence-electron chi connectivity index (χ2n) is 5.95. The van der Waals surface area contributed by atoms with E-state index in [1.807, 2.05) is 13.8 Å². The van der Waals surface area contributed by atoms with Crippen LogP contribution in [0.4, 0.5) is 5.69 Å². The summed E-state index contributed by atoms with van der Waals surface area (Å²) < 4.78 is 0. The van der Waals surface area contributed by atoms with Crippen LogP contribution in [0.2, 0.25) is 0 Å². The lowest BCUT2D eigenvalue weighted by Gasteiger charge is -2.29. The molecule has 1 aliphatic heterocycles. The molecule has 1 aliphatic rings. The molecule has 0 spiro atoms. The molecule has 1 aromatic rings. The summed E-state index contributed by atoms with van der Waals surface area (Å²) in [5.74, 6) is 0.784. The molecule has 1 aromatic heterocycles.